The Labute approximate surface area is 300 Å². The maximum atomic E-state index is 6.83. The van der Waals surface area contributed by atoms with Crippen LogP contribution < -0.4 is 4.90 Å². The van der Waals surface area contributed by atoms with Crippen molar-refractivity contribution >= 4 is 60.8 Å². The molecule has 4 nitrogen and oxygen atoms in total. The third-order valence-electron chi connectivity index (χ3n) is 9.92. The summed E-state index contributed by atoms with van der Waals surface area (Å²) in [6, 6.07) is 63.7. The van der Waals surface area contributed by atoms with Crippen molar-refractivity contribution < 1.29 is 4.42 Å². The van der Waals surface area contributed by atoms with Crippen molar-refractivity contribution in [3.05, 3.63) is 188 Å². The topological polar surface area (TPSA) is 42.2 Å². The molecule has 0 aliphatic heterocycles. The number of anilines is 3. The Morgan fingerprint density at radius 1 is 0.442 bits per heavy atom. The number of furan rings is 1. The Morgan fingerprint density at radius 2 is 1.02 bits per heavy atom. The summed E-state index contributed by atoms with van der Waals surface area (Å²) in [6.07, 6.45) is 1.83. The van der Waals surface area contributed by atoms with Crippen molar-refractivity contribution in [2.45, 2.75) is 0 Å². The molecule has 3 aromatic heterocycles. The zero-order valence-electron chi connectivity index (χ0n) is 28.1. The minimum atomic E-state index is 0.802. The zero-order valence-corrected chi connectivity index (χ0v) is 28.1. The van der Waals surface area contributed by atoms with Gasteiger partial charge in [0.1, 0.15) is 5.58 Å². The van der Waals surface area contributed by atoms with Crippen LogP contribution in [0.5, 0.6) is 0 Å². The largest absolute Gasteiger partial charge is 0.454 e. The van der Waals surface area contributed by atoms with Crippen LogP contribution in [0, 0.1) is 0 Å². The minimum absolute atomic E-state index is 0.802. The van der Waals surface area contributed by atoms with Gasteiger partial charge in [-0.3, -0.25) is 4.98 Å². The fraction of sp³-hybridized carbons (Fsp3) is 0. The average molecular weight is 666 g/mol. The van der Waals surface area contributed by atoms with Gasteiger partial charge in [0.2, 0.25) is 0 Å². The van der Waals surface area contributed by atoms with Crippen LogP contribution in [0.15, 0.2) is 193 Å². The number of para-hydroxylation sites is 1. The summed E-state index contributed by atoms with van der Waals surface area (Å²) in [5.74, 6) is 0. The van der Waals surface area contributed by atoms with E-state index in [0.29, 0.717) is 0 Å². The molecule has 7 aromatic carbocycles. The molecule has 0 unspecified atom stereocenters. The standard InChI is InChI=1S/C48H31N3O/c1-3-10-32(11-4-1)34-19-24-38(25-20-34)51(39-26-21-35(22-27-39)33-12-5-2-6-13-33)43-30-28-40(45-41-15-7-8-16-44(41)52-48(43)45)42-29-23-37-18-17-36-14-9-31-49-46(36)47(37)50-42/h1-31H. The highest BCUT2D eigenvalue weighted by molar-refractivity contribution is 6.17. The van der Waals surface area contributed by atoms with Crippen LogP contribution >= 0.6 is 0 Å². The second-order valence-corrected chi connectivity index (χ2v) is 13.0. The second-order valence-electron chi connectivity index (χ2n) is 13.0. The molecule has 0 radical (unpaired) electrons. The van der Waals surface area contributed by atoms with Crippen molar-refractivity contribution in [3.63, 3.8) is 0 Å². The summed E-state index contributed by atoms with van der Waals surface area (Å²) in [5.41, 5.74) is 13.0. The maximum absolute atomic E-state index is 6.83. The molecule has 0 aliphatic carbocycles. The van der Waals surface area contributed by atoms with Gasteiger partial charge >= 0.3 is 0 Å². The molecular weight excluding hydrogens is 635 g/mol. The van der Waals surface area contributed by atoms with Gasteiger partial charge in [0.05, 0.1) is 22.4 Å². The third-order valence-corrected chi connectivity index (χ3v) is 9.92. The van der Waals surface area contributed by atoms with Crippen LogP contribution in [0.1, 0.15) is 0 Å². The molecule has 0 spiro atoms. The van der Waals surface area contributed by atoms with E-state index in [1.165, 1.54) is 11.1 Å². The smallest absolute Gasteiger partial charge is 0.160 e. The van der Waals surface area contributed by atoms with Crippen molar-refractivity contribution in [2.24, 2.45) is 0 Å². The van der Waals surface area contributed by atoms with E-state index in [1.54, 1.807) is 0 Å². The first-order valence-corrected chi connectivity index (χ1v) is 17.5. The summed E-state index contributed by atoms with van der Waals surface area (Å²) in [5, 5.41) is 4.20. The van der Waals surface area contributed by atoms with Crippen LogP contribution in [-0.4, -0.2) is 9.97 Å². The maximum Gasteiger partial charge on any atom is 0.160 e. The highest BCUT2D eigenvalue weighted by Gasteiger charge is 2.23. The van der Waals surface area contributed by atoms with Gasteiger partial charge in [-0.25, -0.2) is 4.98 Å². The molecule has 52 heavy (non-hydrogen) atoms. The lowest BCUT2D eigenvalue weighted by molar-refractivity contribution is 0.669. The normalized spacial score (nSPS) is 11.5. The molecular formula is C48H31N3O. The second kappa shape index (κ2) is 12.4. The van der Waals surface area contributed by atoms with E-state index in [2.05, 4.69) is 157 Å². The van der Waals surface area contributed by atoms with Crippen LogP contribution in [-0.2, 0) is 0 Å². The summed E-state index contributed by atoms with van der Waals surface area (Å²) >= 11 is 0. The number of hydrogen-bond acceptors (Lipinski definition) is 4. The summed E-state index contributed by atoms with van der Waals surface area (Å²) in [6.45, 7) is 0. The zero-order chi connectivity index (χ0) is 34.4. The molecule has 3 heterocycles. The summed E-state index contributed by atoms with van der Waals surface area (Å²) < 4.78 is 6.83. The Bertz CT molecular complexity index is 2800. The van der Waals surface area contributed by atoms with E-state index in [4.69, 9.17) is 14.4 Å². The number of hydrogen-bond donors (Lipinski definition) is 0. The predicted molar refractivity (Wildman–Crippen MR) is 215 cm³/mol. The SMILES string of the molecule is c1ccc(-c2ccc(N(c3ccc(-c4ccccc4)cc3)c3ccc(-c4ccc5ccc6cccnc6c5n4)c4c3oc3ccccc34)cc2)cc1. The molecule has 10 aromatic rings. The molecule has 0 atom stereocenters. The molecule has 0 saturated heterocycles. The van der Waals surface area contributed by atoms with E-state index < -0.39 is 0 Å². The molecule has 244 valence electrons. The number of pyridine rings is 2. The van der Waals surface area contributed by atoms with Gasteiger partial charge in [-0.1, -0.05) is 127 Å². The first kappa shape index (κ1) is 29.8. The monoisotopic (exact) mass is 665 g/mol. The Kier molecular flexibility index (Phi) is 7.10. The summed E-state index contributed by atoms with van der Waals surface area (Å²) in [4.78, 5) is 12.3. The Morgan fingerprint density at radius 3 is 1.69 bits per heavy atom. The van der Waals surface area contributed by atoms with Gasteiger partial charge < -0.3 is 9.32 Å². The first-order chi connectivity index (χ1) is 25.8. The molecule has 0 amide bonds. The van der Waals surface area contributed by atoms with Crippen molar-refractivity contribution in [1.82, 2.24) is 9.97 Å². The predicted octanol–water partition coefficient (Wildman–Crippen LogP) is 13.2. The quantitative estimate of drug-likeness (QED) is 0.166. The van der Waals surface area contributed by atoms with Crippen LogP contribution in [0.3, 0.4) is 0 Å². The fourth-order valence-electron chi connectivity index (χ4n) is 7.37. The van der Waals surface area contributed by atoms with E-state index >= 15 is 0 Å². The molecule has 0 N–H and O–H groups in total. The Hall–Kier alpha value is -7.04. The average Bonchev–Trinajstić information content (AvgIpc) is 3.62. The van der Waals surface area contributed by atoms with Crippen LogP contribution in [0.2, 0.25) is 0 Å². The highest BCUT2D eigenvalue weighted by atomic mass is 16.3. The number of aromatic nitrogens is 2. The molecule has 0 bridgehead atoms. The van der Waals surface area contributed by atoms with E-state index in [0.717, 1.165) is 83.2 Å². The number of rotatable bonds is 6. The molecule has 0 saturated carbocycles. The van der Waals surface area contributed by atoms with Crippen molar-refractivity contribution in [2.75, 3.05) is 4.90 Å². The van der Waals surface area contributed by atoms with Gasteiger partial charge in [0, 0.05) is 44.7 Å². The number of fused-ring (bicyclic) bond motifs is 6. The van der Waals surface area contributed by atoms with E-state index in [9.17, 15) is 0 Å². The van der Waals surface area contributed by atoms with E-state index in [1.807, 2.05) is 36.5 Å². The first-order valence-electron chi connectivity index (χ1n) is 17.5. The van der Waals surface area contributed by atoms with Gasteiger partial charge in [0.25, 0.3) is 0 Å². The van der Waals surface area contributed by atoms with Crippen LogP contribution in [0.25, 0.3) is 77.3 Å². The lowest BCUT2D eigenvalue weighted by Gasteiger charge is -2.26. The van der Waals surface area contributed by atoms with E-state index in [-0.39, 0.29) is 0 Å². The fourth-order valence-corrected chi connectivity index (χ4v) is 7.37. The molecule has 4 heteroatoms. The van der Waals surface area contributed by atoms with Crippen LogP contribution in [0.4, 0.5) is 17.1 Å². The Balaban J connectivity index is 1.18. The third kappa shape index (κ3) is 5.09. The van der Waals surface area contributed by atoms with Gasteiger partial charge in [-0.2, -0.15) is 0 Å². The van der Waals surface area contributed by atoms with Crippen molar-refractivity contribution in [1.29, 1.82) is 0 Å². The minimum Gasteiger partial charge on any atom is -0.454 e. The van der Waals surface area contributed by atoms with Crippen molar-refractivity contribution in [3.8, 4) is 33.5 Å². The number of benzene rings is 7. The number of nitrogens with zero attached hydrogens (tertiary/aromatic N) is 3. The lowest BCUT2D eigenvalue weighted by atomic mass is 9.99. The van der Waals surface area contributed by atoms with Gasteiger partial charge in [-0.05, 0) is 76.9 Å². The molecule has 0 aliphatic rings. The van der Waals surface area contributed by atoms with Gasteiger partial charge in [0.15, 0.2) is 5.58 Å². The molecule has 10 rings (SSSR count). The molecule has 0 fully saturated rings. The highest BCUT2D eigenvalue weighted by Crippen LogP contribution is 2.46. The summed E-state index contributed by atoms with van der Waals surface area (Å²) in [7, 11) is 0. The lowest BCUT2D eigenvalue weighted by Crippen LogP contribution is -2.10. The van der Waals surface area contributed by atoms with Gasteiger partial charge in [-0.15, -0.1) is 0 Å².